The van der Waals surface area contributed by atoms with Crippen molar-refractivity contribution in [3.8, 4) is 0 Å². The number of Topliss-reactive ketones (excluding diaryl/α,β-unsaturated/α-hetero) is 1. The van der Waals surface area contributed by atoms with Crippen LogP contribution < -0.4 is 0 Å². The van der Waals surface area contributed by atoms with Crippen molar-refractivity contribution < 1.29 is 19.5 Å². The molecule has 23 heavy (non-hydrogen) atoms. The highest BCUT2D eigenvalue weighted by atomic mass is 16.4. The maximum absolute atomic E-state index is 12.6. The lowest BCUT2D eigenvalue weighted by Crippen LogP contribution is -2.42. The van der Waals surface area contributed by atoms with Gasteiger partial charge in [-0.05, 0) is 25.3 Å². The Balaban J connectivity index is 2.13. The molecule has 0 aromatic heterocycles. The second kappa shape index (κ2) is 6.94. The minimum absolute atomic E-state index is 0.0687. The Bertz CT molecular complexity index is 606. The number of carbonyl (C=O) groups excluding carboxylic acids is 2. The summed E-state index contributed by atoms with van der Waals surface area (Å²) in [7, 11) is 0. The van der Waals surface area contributed by atoms with Gasteiger partial charge < -0.3 is 10.0 Å². The molecule has 124 valence electrons. The number of hydrogen-bond donors (Lipinski definition) is 1. The molecule has 1 saturated heterocycles. The van der Waals surface area contributed by atoms with Crippen LogP contribution in [0.25, 0.3) is 0 Å². The zero-order valence-corrected chi connectivity index (χ0v) is 13.8. The first-order valence-corrected chi connectivity index (χ1v) is 8.00. The molecule has 0 saturated carbocycles. The van der Waals surface area contributed by atoms with E-state index in [9.17, 15) is 19.5 Å². The van der Waals surface area contributed by atoms with E-state index in [2.05, 4.69) is 0 Å². The third-order valence-corrected chi connectivity index (χ3v) is 4.41. The van der Waals surface area contributed by atoms with Gasteiger partial charge in [-0.25, -0.2) is 4.79 Å². The van der Waals surface area contributed by atoms with Gasteiger partial charge in [0.15, 0.2) is 5.78 Å². The second-order valence-corrected chi connectivity index (χ2v) is 6.39. The van der Waals surface area contributed by atoms with Crippen molar-refractivity contribution in [2.45, 2.75) is 45.6 Å². The smallest absolute Gasteiger partial charge is 0.326 e. The Morgan fingerprint density at radius 1 is 1.13 bits per heavy atom. The summed E-state index contributed by atoms with van der Waals surface area (Å²) in [5.41, 5.74) is 1.43. The number of hydrogen-bond acceptors (Lipinski definition) is 3. The van der Waals surface area contributed by atoms with Crippen molar-refractivity contribution in [2.75, 3.05) is 6.54 Å². The second-order valence-electron chi connectivity index (χ2n) is 6.39. The fraction of sp³-hybridized carbons (Fsp3) is 0.500. The van der Waals surface area contributed by atoms with E-state index in [-0.39, 0.29) is 17.6 Å². The molecule has 1 unspecified atom stereocenters. The Morgan fingerprint density at radius 2 is 1.74 bits per heavy atom. The van der Waals surface area contributed by atoms with Gasteiger partial charge in [-0.15, -0.1) is 0 Å². The summed E-state index contributed by atoms with van der Waals surface area (Å²) in [5, 5.41) is 9.20. The maximum Gasteiger partial charge on any atom is 0.326 e. The molecule has 1 aliphatic rings. The summed E-state index contributed by atoms with van der Waals surface area (Å²) in [6.07, 6.45) is 1.23. The number of amides is 1. The lowest BCUT2D eigenvalue weighted by atomic mass is 9.95. The first-order chi connectivity index (χ1) is 10.8. The highest BCUT2D eigenvalue weighted by molar-refractivity contribution is 5.97. The van der Waals surface area contributed by atoms with Crippen molar-refractivity contribution in [1.82, 2.24) is 4.90 Å². The van der Waals surface area contributed by atoms with Crippen molar-refractivity contribution in [1.29, 1.82) is 0 Å². The number of carboxylic acid groups (broad SMARTS) is 1. The molecule has 1 aliphatic heterocycles. The van der Waals surface area contributed by atoms with E-state index in [1.165, 1.54) is 4.90 Å². The highest BCUT2D eigenvalue weighted by Gasteiger charge is 2.36. The van der Waals surface area contributed by atoms with Gasteiger partial charge in [0, 0.05) is 18.0 Å². The Morgan fingerprint density at radius 3 is 2.26 bits per heavy atom. The first-order valence-electron chi connectivity index (χ1n) is 8.00. The number of carbonyl (C=O) groups is 3. The Labute approximate surface area is 136 Å². The summed E-state index contributed by atoms with van der Waals surface area (Å²) in [6, 6.07) is 6.32. The molecule has 5 nitrogen and oxygen atoms in total. The molecule has 1 aromatic rings. The van der Waals surface area contributed by atoms with Crippen LogP contribution in [0.3, 0.4) is 0 Å². The SMILES string of the molecule is CC(C)C(=O)c1ccc(C(C)C(=O)N2CCC[C@H]2C(=O)O)cc1. The number of likely N-dealkylation sites (tertiary alicyclic amines) is 1. The molecule has 0 bridgehead atoms. The van der Waals surface area contributed by atoms with Crippen LogP contribution in [0, 0.1) is 5.92 Å². The zero-order chi connectivity index (χ0) is 17.1. The predicted octanol–water partition coefficient (Wildman–Crippen LogP) is 2.70. The van der Waals surface area contributed by atoms with E-state index >= 15 is 0 Å². The van der Waals surface area contributed by atoms with E-state index in [1.807, 2.05) is 13.8 Å². The Kier molecular flexibility index (Phi) is 5.19. The zero-order valence-electron chi connectivity index (χ0n) is 13.8. The molecule has 2 atom stereocenters. The third kappa shape index (κ3) is 3.60. The van der Waals surface area contributed by atoms with Gasteiger partial charge in [-0.1, -0.05) is 38.1 Å². The number of carboxylic acids is 1. The van der Waals surface area contributed by atoms with E-state index < -0.39 is 17.9 Å². The minimum Gasteiger partial charge on any atom is -0.480 e. The third-order valence-electron chi connectivity index (χ3n) is 4.41. The number of benzene rings is 1. The summed E-state index contributed by atoms with van der Waals surface area (Å²) >= 11 is 0. The van der Waals surface area contributed by atoms with Gasteiger partial charge in [0.25, 0.3) is 0 Å². The molecule has 1 heterocycles. The lowest BCUT2D eigenvalue weighted by molar-refractivity contribution is -0.148. The molecular weight excluding hydrogens is 294 g/mol. The molecule has 1 N–H and O–H groups in total. The fourth-order valence-corrected chi connectivity index (χ4v) is 2.95. The fourth-order valence-electron chi connectivity index (χ4n) is 2.95. The van der Waals surface area contributed by atoms with Gasteiger partial charge >= 0.3 is 5.97 Å². The monoisotopic (exact) mass is 317 g/mol. The van der Waals surface area contributed by atoms with Crippen LogP contribution in [0.1, 0.15) is 55.5 Å². The number of aliphatic carboxylic acids is 1. The van der Waals surface area contributed by atoms with Gasteiger partial charge in [-0.2, -0.15) is 0 Å². The summed E-state index contributed by atoms with van der Waals surface area (Å²) in [5.74, 6) is -1.53. The normalized spacial score (nSPS) is 19.0. The number of nitrogens with zero attached hydrogens (tertiary/aromatic N) is 1. The molecule has 0 spiro atoms. The highest BCUT2D eigenvalue weighted by Crippen LogP contribution is 2.25. The van der Waals surface area contributed by atoms with Crippen LogP contribution in [-0.4, -0.2) is 40.3 Å². The quantitative estimate of drug-likeness (QED) is 0.847. The summed E-state index contributed by atoms with van der Waals surface area (Å²) in [6.45, 7) is 5.96. The van der Waals surface area contributed by atoms with Gasteiger partial charge in [0.2, 0.25) is 5.91 Å². The van der Waals surface area contributed by atoms with Crippen LogP contribution in [0.4, 0.5) is 0 Å². The van der Waals surface area contributed by atoms with Crippen molar-refractivity contribution in [3.05, 3.63) is 35.4 Å². The molecular formula is C18H23NO4. The van der Waals surface area contributed by atoms with Crippen molar-refractivity contribution >= 4 is 17.7 Å². The van der Waals surface area contributed by atoms with Gasteiger partial charge in [-0.3, -0.25) is 9.59 Å². The largest absolute Gasteiger partial charge is 0.480 e. The van der Waals surface area contributed by atoms with Crippen LogP contribution in [0.15, 0.2) is 24.3 Å². The van der Waals surface area contributed by atoms with Crippen molar-refractivity contribution in [2.24, 2.45) is 5.92 Å². The van der Waals surface area contributed by atoms with Crippen LogP contribution >= 0.6 is 0 Å². The van der Waals surface area contributed by atoms with Crippen LogP contribution in [0.2, 0.25) is 0 Å². The summed E-state index contributed by atoms with van der Waals surface area (Å²) < 4.78 is 0. The molecule has 1 aromatic carbocycles. The van der Waals surface area contributed by atoms with Crippen LogP contribution in [0.5, 0.6) is 0 Å². The maximum atomic E-state index is 12.6. The first kappa shape index (κ1) is 17.2. The van der Waals surface area contributed by atoms with Gasteiger partial charge in [0.05, 0.1) is 5.92 Å². The van der Waals surface area contributed by atoms with E-state index in [0.29, 0.717) is 18.5 Å². The number of ketones is 1. The Hall–Kier alpha value is -2.17. The molecule has 0 radical (unpaired) electrons. The number of rotatable bonds is 5. The molecule has 2 rings (SSSR count). The summed E-state index contributed by atoms with van der Waals surface area (Å²) in [4.78, 5) is 37.2. The van der Waals surface area contributed by atoms with E-state index in [4.69, 9.17) is 0 Å². The van der Waals surface area contributed by atoms with Crippen LogP contribution in [-0.2, 0) is 9.59 Å². The van der Waals surface area contributed by atoms with E-state index in [1.54, 1.807) is 31.2 Å². The standard InChI is InChI=1S/C18H23NO4/c1-11(2)16(20)14-8-6-13(7-9-14)12(3)17(21)19-10-4-5-15(19)18(22)23/h6-9,11-12,15H,4-5,10H2,1-3H3,(H,22,23)/t12?,15-/m0/s1. The lowest BCUT2D eigenvalue weighted by Gasteiger charge is -2.25. The molecule has 5 heteroatoms. The molecule has 1 amide bonds. The molecule has 1 fully saturated rings. The van der Waals surface area contributed by atoms with E-state index in [0.717, 1.165) is 12.0 Å². The predicted molar refractivity (Wildman–Crippen MR) is 86.4 cm³/mol. The van der Waals surface area contributed by atoms with Gasteiger partial charge in [0.1, 0.15) is 6.04 Å². The average molecular weight is 317 g/mol. The van der Waals surface area contributed by atoms with Crippen molar-refractivity contribution in [3.63, 3.8) is 0 Å². The topological polar surface area (TPSA) is 74.7 Å². The molecule has 0 aliphatic carbocycles. The average Bonchev–Trinajstić information content (AvgIpc) is 3.02. The minimum atomic E-state index is -0.944.